The lowest BCUT2D eigenvalue weighted by Gasteiger charge is -2.34. The molecular weight excluding hydrogens is 238 g/mol. The maximum Gasteiger partial charge on any atom is 0.253 e. The first-order valence-corrected chi connectivity index (χ1v) is 6.93. The van der Waals surface area contributed by atoms with Gasteiger partial charge in [0.05, 0.1) is 0 Å². The van der Waals surface area contributed by atoms with E-state index in [4.69, 9.17) is 0 Å². The highest BCUT2D eigenvalue weighted by atomic mass is 16.2. The van der Waals surface area contributed by atoms with E-state index in [-0.39, 0.29) is 11.3 Å². The fraction of sp³-hybridized carbons (Fsp3) is 0.533. The van der Waals surface area contributed by atoms with Gasteiger partial charge in [0.2, 0.25) is 0 Å². The predicted octanol–water partition coefficient (Wildman–Crippen LogP) is 1.44. The molecule has 2 aliphatic rings. The topological polar surface area (TPSA) is 44.4 Å². The highest BCUT2D eigenvalue weighted by Crippen LogP contribution is 2.43. The second-order valence-electron chi connectivity index (χ2n) is 5.84. The van der Waals surface area contributed by atoms with Gasteiger partial charge >= 0.3 is 0 Å². The molecule has 0 saturated carbocycles. The molecule has 1 aromatic rings. The monoisotopic (exact) mass is 259 g/mol. The molecule has 0 aromatic heterocycles. The van der Waals surface area contributed by atoms with E-state index in [2.05, 4.69) is 22.8 Å². The number of carbonyl (C=O) groups excluding carboxylic acids is 1. The molecule has 2 heterocycles. The summed E-state index contributed by atoms with van der Waals surface area (Å²) >= 11 is 0. The summed E-state index contributed by atoms with van der Waals surface area (Å²) in [5.74, 6) is 0.0822. The maximum atomic E-state index is 12.1. The number of hydrogen-bond donors (Lipinski definition) is 2. The van der Waals surface area contributed by atoms with Crippen molar-refractivity contribution in [2.24, 2.45) is 0 Å². The fourth-order valence-electron chi connectivity index (χ4n) is 3.24. The minimum absolute atomic E-state index is 0.0822. The van der Waals surface area contributed by atoms with Crippen molar-refractivity contribution in [3.8, 4) is 0 Å². The van der Waals surface area contributed by atoms with Gasteiger partial charge in [0, 0.05) is 37.3 Å². The molecule has 1 aromatic carbocycles. The molecule has 2 aliphatic heterocycles. The van der Waals surface area contributed by atoms with Gasteiger partial charge in [-0.15, -0.1) is 0 Å². The van der Waals surface area contributed by atoms with Crippen LogP contribution in [0.3, 0.4) is 0 Å². The van der Waals surface area contributed by atoms with Gasteiger partial charge in [-0.25, -0.2) is 0 Å². The summed E-state index contributed by atoms with van der Waals surface area (Å²) in [6.45, 7) is 3.13. The van der Waals surface area contributed by atoms with Gasteiger partial charge < -0.3 is 15.5 Å². The van der Waals surface area contributed by atoms with E-state index in [0.29, 0.717) is 0 Å². The van der Waals surface area contributed by atoms with E-state index in [9.17, 15) is 4.79 Å². The molecule has 0 bridgehead atoms. The van der Waals surface area contributed by atoms with Crippen LogP contribution in [-0.2, 0) is 5.41 Å². The average molecular weight is 259 g/mol. The molecule has 102 valence electrons. The van der Waals surface area contributed by atoms with Crippen LogP contribution in [0.1, 0.15) is 28.8 Å². The second kappa shape index (κ2) is 4.53. The van der Waals surface area contributed by atoms with Crippen LogP contribution < -0.4 is 10.6 Å². The highest BCUT2D eigenvalue weighted by molar-refractivity contribution is 5.95. The normalized spacial score (nSPS) is 19.9. The van der Waals surface area contributed by atoms with E-state index >= 15 is 0 Å². The number of fused-ring (bicyclic) bond motifs is 2. The number of nitrogens with zero attached hydrogens (tertiary/aromatic N) is 1. The minimum atomic E-state index is 0.0822. The van der Waals surface area contributed by atoms with Crippen molar-refractivity contribution < 1.29 is 4.79 Å². The number of hydrogen-bond acceptors (Lipinski definition) is 3. The van der Waals surface area contributed by atoms with Gasteiger partial charge in [-0.1, -0.05) is 0 Å². The zero-order chi connectivity index (χ0) is 13.5. The highest BCUT2D eigenvalue weighted by Gasteiger charge is 2.40. The Hall–Kier alpha value is -1.55. The van der Waals surface area contributed by atoms with Crippen molar-refractivity contribution in [2.75, 3.05) is 39.0 Å². The summed E-state index contributed by atoms with van der Waals surface area (Å²) in [5, 5.41) is 6.92. The number of nitrogens with one attached hydrogen (secondary N) is 2. The fourth-order valence-corrected chi connectivity index (χ4v) is 3.24. The molecule has 0 unspecified atom stereocenters. The van der Waals surface area contributed by atoms with Crippen molar-refractivity contribution in [3.63, 3.8) is 0 Å². The predicted molar refractivity (Wildman–Crippen MR) is 76.7 cm³/mol. The Bertz CT molecular complexity index is 499. The molecule has 0 radical (unpaired) electrons. The van der Waals surface area contributed by atoms with Crippen molar-refractivity contribution in [1.82, 2.24) is 10.2 Å². The molecule has 1 amide bonds. The third-order valence-corrected chi connectivity index (χ3v) is 4.42. The zero-order valence-electron chi connectivity index (χ0n) is 11.6. The van der Waals surface area contributed by atoms with Gasteiger partial charge in [-0.3, -0.25) is 4.79 Å². The second-order valence-corrected chi connectivity index (χ2v) is 5.84. The lowest BCUT2D eigenvalue weighted by molar-refractivity contribution is 0.0827. The van der Waals surface area contributed by atoms with Crippen molar-refractivity contribution in [1.29, 1.82) is 0 Å². The lowest BCUT2D eigenvalue weighted by atomic mass is 9.74. The van der Waals surface area contributed by atoms with Crippen LogP contribution in [0.25, 0.3) is 0 Å². The molecule has 4 nitrogen and oxygen atoms in total. The van der Waals surface area contributed by atoms with Gasteiger partial charge in [0.15, 0.2) is 0 Å². The zero-order valence-corrected chi connectivity index (χ0v) is 11.6. The summed E-state index contributed by atoms with van der Waals surface area (Å²) in [6.07, 6.45) is 2.29. The summed E-state index contributed by atoms with van der Waals surface area (Å²) in [6, 6.07) is 6.08. The quantitative estimate of drug-likeness (QED) is 0.802. The molecular formula is C15H21N3O. The summed E-state index contributed by atoms with van der Waals surface area (Å²) in [4.78, 5) is 13.7. The van der Waals surface area contributed by atoms with E-state index in [0.717, 1.165) is 38.0 Å². The molecule has 1 spiro atoms. The Kier molecular flexibility index (Phi) is 2.97. The van der Waals surface area contributed by atoms with Crippen LogP contribution in [0.5, 0.6) is 0 Å². The average Bonchev–Trinajstić information content (AvgIpc) is 2.77. The molecule has 4 heteroatoms. The van der Waals surface area contributed by atoms with Crippen molar-refractivity contribution in [2.45, 2.75) is 18.3 Å². The van der Waals surface area contributed by atoms with Gasteiger partial charge in [0.25, 0.3) is 5.91 Å². The largest absolute Gasteiger partial charge is 0.384 e. The molecule has 1 fully saturated rings. The van der Waals surface area contributed by atoms with Crippen LogP contribution in [-0.4, -0.2) is 44.5 Å². The Balaban J connectivity index is 1.99. The van der Waals surface area contributed by atoms with Crippen LogP contribution >= 0.6 is 0 Å². The first-order chi connectivity index (χ1) is 9.12. The molecule has 0 aliphatic carbocycles. The Labute approximate surface area is 114 Å². The number of benzene rings is 1. The number of anilines is 1. The van der Waals surface area contributed by atoms with Gasteiger partial charge in [0.1, 0.15) is 0 Å². The summed E-state index contributed by atoms with van der Waals surface area (Å²) in [7, 11) is 3.60. The first-order valence-electron chi connectivity index (χ1n) is 6.93. The van der Waals surface area contributed by atoms with E-state index < -0.39 is 0 Å². The van der Waals surface area contributed by atoms with Crippen LogP contribution in [0.4, 0.5) is 5.69 Å². The van der Waals surface area contributed by atoms with Crippen molar-refractivity contribution in [3.05, 3.63) is 29.3 Å². The smallest absolute Gasteiger partial charge is 0.253 e. The van der Waals surface area contributed by atoms with Crippen LogP contribution in [0, 0.1) is 0 Å². The van der Waals surface area contributed by atoms with Gasteiger partial charge in [-0.2, -0.15) is 0 Å². The minimum Gasteiger partial charge on any atom is -0.384 e. The van der Waals surface area contributed by atoms with Crippen LogP contribution in [0.2, 0.25) is 0 Å². The van der Waals surface area contributed by atoms with E-state index in [1.54, 1.807) is 19.0 Å². The third kappa shape index (κ3) is 2.00. The first kappa shape index (κ1) is 12.5. The lowest BCUT2D eigenvalue weighted by Crippen LogP contribution is -2.41. The molecule has 2 N–H and O–H groups in total. The number of carbonyl (C=O) groups is 1. The van der Waals surface area contributed by atoms with E-state index in [1.165, 1.54) is 11.3 Å². The third-order valence-electron chi connectivity index (χ3n) is 4.42. The van der Waals surface area contributed by atoms with E-state index in [1.807, 2.05) is 6.07 Å². The van der Waals surface area contributed by atoms with Crippen molar-refractivity contribution >= 4 is 11.6 Å². The Morgan fingerprint density at radius 1 is 1.26 bits per heavy atom. The molecule has 0 atom stereocenters. The Morgan fingerprint density at radius 3 is 2.68 bits per heavy atom. The Morgan fingerprint density at radius 2 is 2.00 bits per heavy atom. The summed E-state index contributed by atoms with van der Waals surface area (Å²) < 4.78 is 0. The number of piperidine rings is 1. The summed E-state index contributed by atoms with van der Waals surface area (Å²) in [5.41, 5.74) is 3.56. The number of rotatable bonds is 1. The molecule has 3 rings (SSSR count). The standard InChI is InChI=1S/C15H21N3O/c1-18(2)14(19)11-3-4-13-12(9-11)15(10-17-13)5-7-16-8-6-15/h3-4,9,16-17H,5-8,10H2,1-2H3. The molecule has 1 saturated heterocycles. The molecule has 19 heavy (non-hydrogen) atoms. The van der Waals surface area contributed by atoms with Crippen LogP contribution in [0.15, 0.2) is 18.2 Å². The maximum absolute atomic E-state index is 12.1. The number of amides is 1. The SMILES string of the molecule is CN(C)C(=O)c1ccc2c(c1)C1(CCNCC1)CN2. The van der Waals surface area contributed by atoms with Gasteiger partial charge in [-0.05, 0) is 49.7 Å².